The highest BCUT2D eigenvalue weighted by molar-refractivity contribution is 5.94. The van der Waals surface area contributed by atoms with E-state index < -0.39 is 24.8 Å². The van der Waals surface area contributed by atoms with Gasteiger partial charge in [-0.25, -0.2) is 9.37 Å². The van der Waals surface area contributed by atoms with Crippen LogP contribution in [-0.4, -0.2) is 58.8 Å². The van der Waals surface area contributed by atoms with Crippen LogP contribution in [-0.2, 0) is 9.59 Å². The molecule has 0 radical (unpaired) electrons. The summed E-state index contributed by atoms with van der Waals surface area (Å²) in [5.74, 6) is -0.761. The van der Waals surface area contributed by atoms with Crippen molar-refractivity contribution in [1.82, 2.24) is 9.88 Å². The molecular formula is C24H22FN5O4. The van der Waals surface area contributed by atoms with E-state index in [-0.39, 0.29) is 48.6 Å². The van der Waals surface area contributed by atoms with Gasteiger partial charge in [-0.05, 0) is 41.8 Å². The number of amides is 2. The van der Waals surface area contributed by atoms with E-state index in [1.54, 1.807) is 30.3 Å². The van der Waals surface area contributed by atoms with Crippen molar-refractivity contribution < 1.29 is 23.8 Å². The van der Waals surface area contributed by atoms with Crippen LogP contribution in [0.5, 0.6) is 5.75 Å². The Morgan fingerprint density at radius 2 is 2.06 bits per heavy atom. The summed E-state index contributed by atoms with van der Waals surface area (Å²) in [5, 5.41) is 30.2. The Hall–Kier alpha value is -4.02. The quantitative estimate of drug-likeness (QED) is 0.668. The molecule has 1 saturated carbocycles. The van der Waals surface area contributed by atoms with Gasteiger partial charge in [0, 0.05) is 19.2 Å². The lowest BCUT2D eigenvalue weighted by atomic mass is 10.0. The second-order valence-corrected chi connectivity index (χ2v) is 8.28. The molecule has 2 fully saturated rings. The number of halogens is 1. The Morgan fingerprint density at radius 3 is 2.74 bits per heavy atom. The van der Waals surface area contributed by atoms with Crippen molar-refractivity contribution in [2.24, 2.45) is 11.8 Å². The normalized spacial score (nSPS) is 23.4. The third-order valence-corrected chi connectivity index (χ3v) is 5.99. The van der Waals surface area contributed by atoms with Gasteiger partial charge >= 0.3 is 0 Å². The Morgan fingerprint density at radius 1 is 1.26 bits per heavy atom. The third-order valence-electron chi connectivity index (χ3n) is 5.99. The van der Waals surface area contributed by atoms with Crippen LogP contribution in [0, 0.1) is 34.5 Å². The number of alkyl halides is 1. The molecule has 1 aromatic heterocycles. The van der Waals surface area contributed by atoms with Gasteiger partial charge in [-0.15, -0.1) is 0 Å². The molecule has 10 heteroatoms. The van der Waals surface area contributed by atoms with Gasteiger partial charge in [-0.3, -0.25) is 9.59 Å². The van der Waals surface area contributed by atoms with Gasteiger partial charge in [0.25, 0.3) is 0 Å². The molecule has 174 valence electrons. The number of carbonyl (C=O) groups is 2. The molecule has 4 atom stereocenters. The first-order valence-corrected chi connectivity index (χ1v) is 10.8. The fourth-order valence-electron chi connectivity index (χ4n) is 3.93. The number of nitriles is 2. The van der Waals surface area contributed by atoms with Crippen molar-refractivity contribution in [1.29, 1.82) is 10.5 Å². The van der Waals surface area contributed by atoms with Crippen molar-refractivity contribution in [3.8, 4) is 29.0 Å². The number of aromatic nitrogens is 1. The monoisotopic (exact) mass is 463 g/mol. The molecular weight excluding hydrogens is 441 g/mol. The third kappa shape index (κ3) is 4.98. The first-order chi connectivity index (χ1) is 16.4. The highest BCUT2D eigenvalue weighted by Crippen LogP contribution is 2.38. The van der Waals surface area contributed by atoms with E-state index in [9.17, 15) is 19.2 Å². The maximum absolute atomic E-state index is 14.6. The summed E-state index contributed by atoms with van der Waals surface area (Å²) < 4.78 is 20.4. The highest BCUT2D eigenvalue weighted by Gasteiger charge is 2.43. The number of likely N-dealkylation sites (tertiary alicyclic amines) is 1. The Bertz CT molecular complexity index is 1190. The van der Waals surface area contributed by atoms with E-state index >= 15 is 0 Å². The average Bonchev–Trinajstić information content (AvgIpc) is 3.65. The van der Waals surface area contributed by atoms with E-state index in [0.717, 1.165) is 0 Å². The Labute approximate surface area is 195 Å². The van der Waals surface area contributed by atoms with Crippen molar-refractivity contribution in [2.75, 3.05) is 25.0 Å². The van der Waals surface area contributed by atoms with Crippen LogP contribution in [0.3, 0.4) is 0 Å². The predicted molar refractivity (Wildman–Crippen MR) is 118 cm³/mol. The number of carbonyl (C=O) groups excluding carboxylic acids is 2. The number of aliphatic hydroxyl groups is 1. The summed E-state index contributed by atoms with van der Waals surface area (Å²) >= 11 is 0. The van der Waals surface area contributed by atoms with Crippen molar-refractivity contribution in [2.45, 2.75) is 25.1 Å². The maximum Gasteiger partial charge on any atom is 0.248 e. The Kier molecular flexibility index (Phi) is 6.71. The molecule has 4 unspecified atom stereocenters. The number of nitrogens with zero attached hydrogens (tertiary/aromatic N) is 4. The van der Waals surface area contributed by atoms with Gasteiger partial charge in [-0.2, -0.15) is 10.5 Å². The fraction of sp³-hybridized carbons (Fsp3) is 0.375. The molecule has 0 bridgehead atoms. The van der Waals surface area contributed by atoms with Gasteiger partial charge in [0.1, 0.15) is 30.3 Å². The molecule has 1 aliphatic heterocycles. The fourth-order valence-corrected chi connectivity index (χ4v) is 3.93. The molecule has 2 heterocycles. The van der Waals surface area contributed by atoms with Crippen LogP contribution in [0.2, 0.25) is 0 Å². The first-order valence-electron chi connectivity index (χ1n) is 10.8. The summed E-state index contributed by atoms with van der Waals surface area (Å²) in [7, 11) is 0. The lowest BCUT2D eigenvalue weighted by Gasteiger charge is -2.34. The largest absolute Gasteiger partial charge is 0.486 e. The van der Waals surface area contributed by atoms with Crippen LogP contribution in [0.1, 0.15) is 18.4 Å². The average molecular weight is 463 g/mol. The van der Waals surface area contributed by atoms with Crippen LogP contribution in [0.25, 0.3) is 11.1 Å². The van der Waals surface area contributed by atoms with Crippen LogP contribution in [0.4, 0.5) is 10.2 Å². The smallest absolute Gasteiger partial charge is 0.248 e. The first kappa shape index (κ1) is 23.1. The number of nitrogens with one attached hydrogen (secondary N) is 1. The van der Waals surface area contributed by atoms with Crippen molar-refractivity contribution in [3.63, 3.8) is 0 Å². The summed E-state index contributed by atoms with van der Waals surface area (Å²) in [5.41, 5.74) is 1.61. The van der Waals surface area contributed by atoms with Crippen LogP contribution < -0.4 is 10.1 Å². The lowest BCUT2D eigenvalue weighted by molar-refractivity contribution is -0.138. The van der Waals surface area contributed by atoms with Crippen LogP contribution in [0.15, 0.2) is 36.5 Å². The number of anilines is 1. The standard InChI is InChI=1S/C24H22FN5O4/c25-19-12-30(23(32)13-31)6-4-21(19)34-20-2-1-14(7-17(20)11-27)15-3-5-28-22(9-15)29-24(33)18-8-16(18)10-26/h1-3,5,7,9,16,18-19,21,31H,4,6,8,12-13H2,(H,28,29,33). The maximum atomic E-state index is 14.6. The number of hydrogen-bond donors (Lipinski definition) is 2. The molecule has 2 aromatic rings. The number of piperidine rings is 1. The molecule has 2 N–H and O–H groups in total. The number of aliphatic hydroxyl groups excluding tert-OH is 1. The summed E-state index contributed by atoms with van der Waals surface area (Å²) in [4.78, 5) is 29.2. The zero-order chi connectivity index (χ0) is 24.2. The summed E-state index contributed by atoms with van der Waals surface area (Å²) in [6.07, 6.45) is 0.0502. The minimum atomic E-state index is -1.45. The number of ether oxygens (including phenoxy) is 1. The number of rotatable bonds is 6. The van der Waals surface area contributed by atoms with E-state index in [1.807, 2.05) is 0 Å². The van der Waals surface area contributed by atoms with Gasteiger partial charge in [0.15, 0.2) is 6.17 Å². The number of hydrogen-bond acceptors (Lipinski definition) is 7. The summed E-state index contributed by atoms with van der Waals surface area (Å²) in [6.45, 7) is -0.586. The molecule has 34 heavy (non-hydrogen) atoms. The molecule has 1 aromatic carbocycles. The van der Waals surface area contributed by atoms with E-state index in [1.165, 1.54) is 11.1 Å². The Balaban J connectivity index is 1.46. The molecule has 0 spiro atoms. The van der Waals surface area contributed by atoms with Crippen molar-refractivity contribution >= 4 is 17.6 Å². The lowest BCUT2D eigenvalue weighted by Crippen LogP contribution is -2.50. The highest BCUT2D eigenvalue weighted by atomic mass is 19.1. The number of pyridine rings is 1. The van der Waals surface area contributed by atoms with Crippen molar-refractivity contribution in [3.05, 3.63) is 42.1 Å². The molecule has 1 aliphatic carbocycles. The SMILES string of the molecule is N#Cc1cc(-c2ccnc(NC(=O)C3CC3C#N)c2)ccc1OC1CCN(C(=O)CO)CC1F. The van der Waals surface area contributed by atoms with E-state index in [0.29, 0.717) is 23.4 Å². The zero-order valence-corrected chi connectivity index (χ0v) is 18.1. The van der Waals surface area contributed by atoms with Gasteiger partial charge in [-0.1, -0.05) is 6.07 Å². The van der Waals surface area contributed by atoms with E-state index in [4.69, 9.17) is 15.1 Å². The second kappa shape index (κ2) is 9.86. The van der Waals surface area contributed by atoms with Crippen LogP contribution >= 0.6 is 0 Å². The molecule has 4 rings (SSSR count). The second-order valence-electron chi connectivity index (χ2n) is 8.28. The predicted octanol–water partition coefficient (Wildman–Crippen LogP) is 2.03. The minimum Gasteiger partial charge on any atom is -0.486 e. The van der Waals surface area contributed by atoms with Gasteiger partial charge in [0.05, 0.1) is 30.0 Å². The molecule has 2 aliphatic rings. The molecule has 1 saturated heterocycles. The zero-order valence-electron chi connectivity index (χ0n) is 18.1. The minimum absolute atomic E-state index is 0.175. The summed E-state index contributed by atoms with van der Waals surface area (Å²) in [6, 6.07) is 12.5. The molecule has 9 nitrogen and oxygen atoms in total. The van der Waals surface area contributed by atoms with E-state index in [2.05, 4.69) is 22.4 Å². The van der Waals surface area contributed by atoms with Gasteiger partial charge in [0.2, 0.25) is 11.8 Å². The topological polar surface area (TPSA) is 139 Å². The molecule has 2 amide bonds. The van der Waals surface area contributed by atoms with Gasteiger partial charge < -0.3 is 20.1 Å². The number of benzene rings is 1.